The van der Waals surface area contributed by atoms with Gasteiger partial charge >= 0.3 is 0 Å². The molecule has 1 amide bonds. The largest absolute Gasteiger partial charge is 0.372 e. The van der Waals surface area contributed by atoms with Crippen molar-refractivity contribution in [2.45, 2.75) is 43.0 Å². The zero-order chi connectivity index (χ0) is 27.6. The van der Waals surface area contributed by atoms with E-state index < -0.39 is 15.9 Å². The van der Waals surface area contributed by atoms with E-state index in [1.807, 2.05) is 24.3 Å². The van der Waals surface area contributed by atoms with Crippen molar-refractivity contribution >= 4 is 43.8 Å². The van der Waals surface area contributed by atoms with Crippen LogP contribution in [0.2, 0.25) is 0 Å². The average Bonchev–Trinajstić information content (AvgIpc) is 2.90. The number of sulfone groups is 1. The molecule has 9 nitrogen and oxygen atoms in total. The minimum Gasteiger partial charge on any atom is -0.372 e. The van der Waals surface area contributed by atoms with Crippen molar-refractivity contribution in [3.8, 4) is 0 Å². The number of benzene rings is 3. The zero-order valence-corrected chi connectivity index (χ0v) is 22.2. The number of hydrogen-bond donors (Lipinski definition) is 3. The average molecular weight is 545 g/mol. The maximum atomic E-state index is 13.7. The standard InChI is InChI=1S/C29H28N4O5S/c1-39(37,38)26-14-11-21-15-20(26)9-13-25(34)28(19-7-5-18(6-8-19)3-2-4-27(35)32-21)33-22-10-12-24-23(16-22)29(36)31-17-30-24/h5-8,10-12,14-17,28,33H,2-4,9,13H2,1H3,(H,32,35)(H,30,31,36). The highest BCUT2D eigenvalue weighted by Gasteiger charge is 2.23. The van der Waals surface area contributed by atoms with Crippen LogP contribution in [-0.4, -0.2) is 36.3 Å². The minimum atomic E-state index is -3.55. The Balaban J connectivity index is 1.52. The highest BCUT2D eigenvalue weighted by molar-refractivity contribution is 7.90. The molecule has 0 spiro atoms. The second-order valence-electron chi connectivity index (χ2n) is 9.75. The highest BCUT2D eigenvalue weighted by atomic mass is 32.2. The van der Waals surface area contributed by atoms with E-state index in [1.54, 1.807) is 30.3 Å². The molecule has 4 bridgehead atoms. The molecule has 1 atom stereocenters. The Bertz CT molecular complexity index is 1730. The monoisotopic (exact) mass is 544 g/mol. The number of carbonyl (C=O) groups is 2. The van der Waals surface area contributed by atoms with E-state index in [2.05, 4.69) is 20.6 Å². The number of Topliss-reactive ketones (excluding diaryl/α,β-unsaturated/α-hetero) is 1. The lowest BCUT2D eigenvalue weighted by Gasteiger charge is -2.21. The lowest BCUT2D eigenvalue weighted by Crippen LogP contribution is -2.22. The Morgan fingerprint density at radius 3 is 2.46 bits per heavy atom. The maximum Gasteiger partial charge on any atom is 0.258 e. The predicted octanol–water partition coefficient (Wildman–Crippen LogP) is 3.96. The molecule has 6 rings (SSSR count). The van der Waals surface area contributed by atoms with E-state index in [0.29, 0.717) is 47.1 Å². The summed E-state index contributed by atoms with van der Waals surface area (Å²) >= 11 is 0. The van der Waals surface area contributed by atoms with Crippen molar-refractivity contribution in [3.63, 3.8) is 0 Å². The number of carbonyl (C=O) groups excluding carboxylic acids is 2. The summed E-state index contributed by atoms with van der Waals surface area (Å²) in [6.45, 7) is 0. The third-order valence-electron chi connectivity index (χ3n) is 6.84. The number of aromatic nitrogens is 2. The van der Waals surface area contributed by atoms with Gasteiger partial charge in [0.2, 0.25) is 5.91 Å². The predicted molar refractivity (Wildman–Crippen MR) is 150 cm³/mol. The Morgan fingerprint density at radius 1 is 0.897 bits per heavy atom. The number of nitrogens with one attached hydrogen (secondary N) is 3. The molecule has 200 valence electrons. The topological polar surface area (TPSA) is 138 Å². The summed E-state index contributed by atoms with van der Waals surface area (Å²) in [5.41, 5.74) is 3.59. The first-order chi connectivity index (χ1) is 18.7. The molecule has 0 saturated carbocycles. The number of nitrogens with zero attached hydrogens (tertiary/aromatic N) is 1. The fraction of sp³-hybridized carbons (Fsp3) is 0.241. The highest BCUT2D eigenvalue weighted by Crippen LogP contribution is 2.27. The molecule has 3 heterocycles. The van der Waals surface area contributed by atoms with Crippen molar-refractivity contribution in [1.82, 2.24) is 9.97 Å². The van der Waals surface area contributed by atoms with E-state index in [4.69, 9.17) is 0 Å². The van der Waals surface area contributed by atoms with Gasteiger partial charge < -0.3 is 15.6 Å². The fourth-order valence-electron chi connectivity index (χ4n) is 4.84. The minimum absolute atomic E-state index is 0.0507. The Hall–Kier alpha value is -4.31. The van der Waals surface area contributed by atoms with Crippen molar-refractivity contribution < 1.29 is 18.0 Å². The summed E-state index contributed by atoms with van der Waals surface area (Å²) in [5.74, 6) is -0.301. The number of anilines is 2. The van der Waals surface area contributed by atoms with Gasteiger partial charge in [-0.25, -0.2) is 13.4 Å². The van der Waals surface area contributed by atoms with Crippen LogP contribution in [0.25, 0.3) is 10.9 Å². The van der Waals surface area contributed by atoms with E-state index in [0.717, 1.165) is 17.4 Å². The molecule has 10 heteroatoms. The van der Waals surface area contributed by atoms with Crippen LogP contribution in [-0.2, 0) is 32.3 Å². The van der Waals surface area contributed by atoms with Crippen molar-refractivity contribution in [1.29, 1.82) is 0 Å². The van der Waals surface area contributed by atoms with Gasteiger partial charge in [-0.15, -0.1) is 0 Å². The van der Waals surface area contributed by atoms with E-state index in [-0.39, 0.29) is 35.0 Å². The number of amides is 1. The molecule has 39 heavy (non-hydrogen) atoms. The van der Waals surface area contributed by atoms with Crippen molar-refractivity contribution in [2.24, 2.45) is 0 Å². The summed E-state index contributed by atoms with van der Waals surface area (Å²) in [6, 6.07) is 16.7. The number of fused-ring (bicyclic) bond motifs is 10. The zero-order valence-electron chi connectivity index (χ0n) is 21.4. The molecule has 0 radical (unpaired) electrons. The van der Waals surface area contributed by atoms with Crippen LogP contribution in [0.1, 0.15) is 42.0 Å². The summed E-state index contributed by atoms with van der Waals surface area (Å²) in [4.78, 5) is 45.3. The summed E-state index contributed by atoms with van der Waals surface area (Å²) in [6.07, 6.45) is 4.34. The van der Waals surface area contributed by atoms with Crippen LogP contribution < -0.4 is 16.2 Å². The van der Waals surface area contributed by atoms with Crippen LogP contribution in [0.4, 0.5) is 11.4 Å². The lowest BCUT2D eigenvalue weighted by atomic mass is 9.95. The number of hydrogen-bond acceptors (Lipinski definition) is 7. The molecule has 4 aromatic rings. The first-order valence-corrected chi connectivity index (χ1v) is 14.5. The molecular formula is C29H28N4O5S. The molecule has 0 aliphatic carbocycles. The second-order valence-corrected chi connectivity index (χ2v) is 11.7. The second kappa shape index (κ2) is 10.8. The van der Waals surface area contributed by atoms with Crippen LogP contribution >= 0.6 is 0 Å². The third kappa shape index (κ3) is 6.06. The fourth-order valence-corrected chi connectivity index (χ4v) is 5.80. The number of aromatic amines is 1. The Morgan fingerprint density at radius 2 is 1.69 bits per heavy atom. The van der Waals surface area contributed by atoms with Gasteiger partial charge in [-0.1, -0.05) is 24.3 Å². The quantitative estimate of drug-likeness (QED) is 0.355. The first-order valence-electron chi connectivity index (χ1n) is 12.7. The van der Waals surface area contributed by atoms with Crippen molar-refractivity contribution in [2.75, 3.05) is 16.9 Å². The smallest absolute Gasteiger partial charge is 0.258 e. The number of aryl methyl sites for hydroxylation is 2. The normalized spacial score (nSPS) is 16.7. The van der Waals surface area contributed by atoms with E-state index in [9.17, 15) is 22.8 Å². The van der Waals surface area contributed by atoms with Gasteiger partial charge in [-0.3, -0.25) is 14.4 Å². The third-order valence-corrected chi connectivity index (χ3v) is 8.04. The molecule has 1 unspecified atom stereocenters. The van der Waals surface area contributed by atoms with Gasteiger partial charge in [0.15, 0.2) is 15.6 Å². The van der Waals surface area contributed by atoms with Crippen LogP contribution in [0.15, 0.2) is 76.7 Å². The van der Waals surface area contributed by atoms with Gasteiger partial charge in [-0.2, -0.15) is 0 Å². The van der Waals surface area contributed by atoms with Crippen LogP contribution in [0, 0.1) is 0 Å². The molecule has 2 aliphatic rings. The number of rotatable bonds is 3. The maximum absolute atomic E-state index is 13.7. The molecule has 3 N–H and O–H groups in total. The summed E-state index contributed by atoms with van der Waals surface area (Å²) in [7, 11) is -3.55. The lowest BCUT2D eigenvalue weighted by molar-refractivity contribution is -0.120. The number of ketones is 1. The first kappa shape index (κ1) is 26.3. The van der Waals surface area contributed by atoms with Crippen LogP contribution in [0.3, 0.4) is 0 Å². The van der Waals surface area contributed by atoms with Crippen molar-refractivity contribution in [3.05, 3.63) is 94.0 Å². The number of H-pyrrole nitrogens is 1. The molecular weight excluding hydrogens is 516 g/mol. The van der Waals surface area contributed by atoms with Crippen LogP contribution in [0.5, 0.6) is 0 Å². The molecule has 3 aromatic carbocycles. The molecule has 0 fully saturated rings. The van der Waals surface area contributed by atoms with Gasteiger partial charge in [0.1, 0.15) is 6.04 Å². The summed E-state index contributed by atoms with van der Waals surface area (Å²) in [5, 5.41) is 6.52. The Kier molecular flexibility index (Phi) is 7.30. The molecule has 1 aromatic heterocycles. The Labute approximate surface area is 225 Å². The van der Waals surface area contributed by atoms with Gasteiger partial charge in [-0.05, 0) is 72.4 Å². The van der Waals surface area contributed by atoms with E-state index in [1.165, 1.54) is 12.4 Å². The molecule has 0 saturated heterocycles. The van der Waals surface area contributed by atoms with Gasteiger partial charge in [0.25, 0.3) is 5.56 Å². The SMILES string of the molecule is CS(=O)(=O)c1ccc2cc1CCC(=O)C(Nc1ccc3nc[nH]c(=O)c3c1)c1ccc(cc1)CCCC(=O)N2. The van der Waals surface area contributed by atoms with Gasteiger partial charge in [0, 0.05) is 30.5 Å². The van der Waals surface area contributed by atoms with Gasteiger partial charge in [0.05, 0.1) is 22.1 Å². The summed E-state index contributed by atoms with van der Waals surface area (Å²) < 4.78 is 24.9. The molecule has 2 aliphatic heterocycles. The van der Waals surface area contributed by atoms with E-state index >= 15 is 0 Å².